The van der Waals surface area contributed by atoms with Gasteiger partial charge in [0.25, 0.3) is 5.69 Å². The molecule has 4 aliphatic carbocycles. The molecule has 1 aromatic rings. The van der Waals surface area contributed by atoms with Crippen LogP contribution in [0, 0.1) is 44.6 Å². The monoisotopic (exact) mass is 484 g/mol. The van der Waals surface area contributed by atoms with Gasteiger partial charge in [0.1, 0.15) is 6.10 Å². The number of nitro groups is 1. The van der Waals surface area contributed by atoms with Crippen molar-refractivity contribution < 1.29 is 14.5 Å². The zero-order chi connectivity index (χ0) is 24.1. The first-order valence-corrected chi connectivity index (χ1v) is 13.6. The van der Waals surface area contributed by atoms with Gasteiger partial charge in [0.05, 0.1) is 4.92 Å². The summed E-state index contributed by atoms with van der Waals surface area (Å²) in [5.41, 5.74) is 1.94. The normalized spacial score (nSPS) is 40.2. The number of hydrogen-bond acceptors (Lipinski definition) is 6. The van der Waals surface area contributed by atoms with Gasteiger partial charge in [-0.1, -0.05) is 13.8 Å². The maximum Gasteiger partial charge on any atom is 0.302 e. The Balaban J connectivity index is 1.26. The first-order chi connectivity index (χ1) is 16.2. The fourth-order valence-electron chi connectivity index (χ4n) is 8.23. The van der Waals surface area contributed by atoms with E-state index in [1.807, 2.05) is 0 Å². The maximum atomic E-state index is 11.7. The van der Waals surface area contributed by atoms with E-state index in [1.54, 1.807) is 31.2 Å². The van der Waals surface area contributed by atoms with E-state index in [0.717, 1.165) is 36.0 Å². The van der Waals surface area contributed by atoms with Crippen LogP contribution in [-0.2, 0) is 9.53 Å². The Hall–Kier alpha value is -1.89. The van der Waals surface area contributed by atoms with Crippen molar-refractivity contribution in [3.8, 4) is 0 Å². The second-order valence-electron chi connectivity index (χ2n) is 11.6. The van der Waals surface area contributed by atoms with Crippen LogP contribution in [0.1, 0.15) is 78.6 Å². The van der Waals surface area contributed by atoms with Crippen LogP contribution < -0.4 is 0 Å². The number of carbonyl (C=O) groups is 1. The SMILES string of the molecule is CC(=O)O[C@H]1CC[C@H]2[C@@H]3CC[C@H]4CC(=NSc5ccc([N+](=O)[O-])cc5)CC[C@]4(C)[C@H]3CC[C@]12C. The molecular formula is C27H36N2O4S. The van der Waals surface area contributed by atoms with Crippen LogP contribution in [0.15, 0.2) is 33.6 Å². The molecule has 4 fully saturated rings. The van der Waals surface area contributed by atoms with Crippen LogP contribution in [0.3, 0.4) is 0 Å². The molecule has 0 heterocycles. The topological polar surface area (TPSA) is 81.8 Å². The minimum Gasteiger partial charge on any atom is -0.462 e. The molecule has 0 N–H and O–H groups in total. The van der Waals surface area contributed by atoms with Crippen molar-refractivity contribution in [3.05, 3.63) is 34.4 Å². The van der Waals surface area contributed by atoms with E-state index < -0.39 is 0 Å². The Bertz CT molecular complexity index is 995. The summed E-state index contributed by atoms with van der Waals surface area (Å²) in [7, 11) is 0. The lowest BCUT2D eigenvalue weighted by atomic mass is 9.45. The Kier molecular flexibility index (Phi) is 6.28. The number of carbonyl (C=O) groups excluding carboxylic acids is 1. The molecule has 34 heavy (non-hydrogen) atoms. The average molecular weight is 485 g/mol. The molecule has 7 atom stereocenters. The van der Waals surface area contributed by atoms with Gasteiger partial charge < -0.3 is 4.74 Å². The summed E-state index contributed by atoms with van der Waals surface area (Å²) in [4.78, 5) is 23.1. The number of ether oxygens (including phenoxy) is 1. The number of hydrogen-bond donors (Lipinski definition) is 0. The van der Waals surface area contributed by atoms with Crippen LogP contribution in [0.25, 0.3) is 0 Å². The first kappa shape index (κ1) is 23.8. The van der Waals surface area contributed by atoms with Crippen molar-refractivity contribution in [3.63, 3.8) is 0 Å². The maximum absolute atomic E-state index is 11.7. The molecular weight excluding hydrogens is 448 g/mol. The molecule has 0 bridgehead atoms. The lowest BCUT2D eigenvalue weighted by molar-refractivity contribution is -0.384. The highest BCUT2D eigenvalue weighted by Crippen LogP contribution is 2.66. The molecule has 184 valence electrons. The van der Waals surface area contributed by atoms with Gasteiger partial charge in [-0.3, -0.25) is 14.9 Å². The summed E-state index contributed by atoms with van der Waals surface area (Å²) in [6.45, 7) is 6.50. The Morgan fingerprint density at radius 1 is 1.06 bits per heavy atom. The Morgan fingerprint density at radius 2 is 1.79 bits per heavy atom. The van der Waals surface area contributed by atoms with Crippen LogP contribution in [0.5, 0.6) is 0 Å². The highest BCUT2D eigenvalue weighted by atomic mass is 32.2. The predicted molar refractivity (Wildman–Crippen MR) is 134 cm³/mol. The third-order valence-corrected chi connectivity index (χ3v) is 10.9. The van der Waals surface area contributed by atoms with Crippen LogP contribution in [-0.4, -0.2) is 22.7 Å². The Morgan fingerprint density at radius 3 is 2.50 bits per heavy atom. The molecule has 0 radical (unpaired) electrons. The fourth-order valence-corrected chi connectivity index (χ4v) is 8.89. The standard InChI is InChI=1S/C27H36N2O4S/c1-17(30)33-25-11-10-23-22-9-4-18-16-19(28-34-21-7-5-20(6-8-21)29(31)32)12-14-26(18,2)24(22)13-15-27(23,25)3/h5-8,18,22-25H,4,9-16H2,1-3H3/t18-,22-,23-,24-,25-,26-,27-/m0/s1. The third-order valence-electron chi connectivity index (χ3n) is 10.0. The zero-order valence-electron chi connectivity index (χ0n) is 20.5. The number of fused-ring (bicyclic) bond motifs is 5. The molecule has 0 amide bonds. The van der Waals surface area contributed by atoms with E-state index in [2.05, 4.69) is 13.8 Å². The molecule has 6 nitrogen and oxygen atoms in total. The van der Waals surface area contributed by atoms with Crippen molar-refractivity contribution in [2.75, 3.05) is 0 Å². The third kappa shape index (κ3) is 4.08. The van der Waals surface area contributed by atoms with Crippen molar-refractivity contribution >= 4 is 29.3 Å². The van der Waals surface area contributed by atoms with Gasteiger partial charge in [-0.05, 0) is 99.0 Å². The quantitative estimate of drug-likeness (QED) is 0.198. The number of non-ortho nitro benzene ring substituents is 1. The summed E-state index contributed by atoms with van der Waals surface area (Å²) in [6.07, 6.45) is 10.7. The second kappa shape index (κ2) is 8.96. The van der Waals surface area contributed by atoms with Gasteiger partial charge >= 0.3 is 5.97 Å². The van der Waals surface area contributed by atoms with Gasteiger partial charge in [0, 0.05) is 47.0 Å². The van der Waals surface area contributed by atoms with Crippen LogP contribution in [0.2, 0.25) is 0 Å². The highest BCUT2D eigenvalue weighted by molar-refractivity contribution is 7.98. The largest absolute Gasteiger partial charge is 0.462 e. The van der Waals surface area contributed by atoms with Gasteiger partial charge in [0.15, 0.2) is 0 Å². The number of nitrogens with zero attached hydrogens (tertiary/aromatic N) is 2. The molecule has 0 unspecified atom stereocenters. The van der Waals surface area contributed by atoms with E-state index >= 15 is 0 Å². The number of rotatable bonds is 4. The van der Waals surface area contributed by atoms with Gasteiger partial charge in [0.2, 0.25) is 0 Å². The zero-order valence-corrected chi connectivity index (χ0v) is 21.3. The lowest BCUT2D eigenvalue weighted by Gasteiger charge is -2.60. The summed E-state index contributed by atoms with van der Waals surface area (Å²) >= 11 is 1.45. The van der Waals surface area contributed by atoms with E-state index in [0.29, 0.717) is 17.3 Å². The van der Waals surface area contributed by atoms with Gasteiger partial charge in [-0.2, -0.15) is 0 Å². The molecule has 1 aromatic carbocycles. The summed E-state index contributed by atoms with van der Waals surface area (Å²) in [5, 5.41) is 10.9. The minimum absolute atomic E-state index is 0.100. The number of benzene rings is 1. The molecule has 5 rings (SSSR count). The molecule has 4 aliphatic rings. The smallest absolute Gasteiger partial charge is 0.302 e. The van der Waals surface area contributed by atoms with Gasteiger partial charge in [-0.25, -0.2) is 4.40 Å². The summed E-state index contributed by atoms with van der Waals surface area (Å²) in [5.74, 6) is 2.77. The lowest BCUT2D eigenvalue weighted by Crippen LogP contribution is -2.54. The summed E-state index contributed by atoms with van der Waals surface area (Å²) < 4.78 is 10.7. The predicted octanol–water partition coefficient (Wildman–Crippen LogP) is 7.02. The van der Waals surface area contributed by atoms with E-state index in [1.165, 1.54) is 56.2 Å². The molecule has 0 aliphatic heterocycles. The van der Waals surface area contributed by atoms with Crippen LogP contribution in [0.4, 0.5) is 5.69 Å². The van der Waals surface area contributed by atoms with Crippen LogP contribution >= 0.6 is 11.9 Å². The number of nitro benzene ring substituents is 1. The fraction of sp³-hybridized carbons (Fsp3) is 0.704. The number of esters is 1. The molecule has 0 saturated heterocycles. The van der Waals surface area contributed by atoms with Crippen molar-refractivity contribution in [2.45, 2.75) is 89.6 Å². The van der Waals surface area contributed by atoms with E-state index in [4.69, 9.17) is 9.13 Å². The highest BCUT2D eigenvalue weighted by Gasteiger charge is 2.60. The minimum atomic E-state index is -0.367. The molecule has 0 aromatic heterocycles. The van der Waals surface area contributed by atoms with Crippen molar-refractivity contribution in [1.29, 1.82) is 0 Å². The van der Waals surface area contributed by atoms with Crippen molar-refractivity contribution in [2.24, 2.45) is 38.9 Å². The van der Waals surface area contributed by atoms with E-state index in [-0.39, 0.29) is 28.1 Å². The average Bonchev–Trinajstić information content (AvgIpc) is 3.13. The second-order valence-corrected chi connectivity index (χ2v) is 12.4. The van der Waals surface area contributed by atoms with Gasteiger partial charge in [-0.15, -0.1) is 0 Å². The molecule has 4 saturated carbocycles. The Labute approximate surface area is 206 Å². The molecule has 7 heteroatoms. The van der Waals surface area contributed by atoms with Crippen molar-refractivity contribution in [1.82, 2.24) is 0 Å². The molecule has 0 spiro atoms. The van der Waals surface area contributed by atoms with E-state index in [9.17, 15) is 14.9 Å². The summed E-state index contributed by atoms with van der Waals surface area (Å²) in [6, 6.07) is 6.67. The first-order valence-electron chi connectivity index (χ1n) is 12.8.